The molecule has 3 aromatic carbocycles. The van der Waals surface area contributed by atoms with E-state index >= 15 is 0 Å². The van der Waals surface area contributed by atoms with E-state index in [0.717, 1.165) is 32.9 Å². The highest BCUT2D eigenvalue weighted by molar-refractivity contribution is 7.88. The Morgan fingerprint density at radius 3 is 1.68 bits per heavy atom. The number of aryl methyl sites for hydroxylation is 2. The first kappa shape index (κ1) is 17.3. The predicted molar refractivity (Wildman–Crippen MR) is 109 cm³/mol. The van der Waals surface area contributed by atoms with Gasteiger partial charge in [-0.2, -0.15) is 0 Å². The van der Waals surface area contributed by atoms with Crippen LogP contribution in [0, 0.1) is 13.8 Å². The van der Waals surface area contributed by atoms with Crippen molar-refractivity contribution in [2.75, 3.05) is 0 Å². The lowest BCUT2D eigenvalue weighted by molar-refractivity contribution is 0.108. The first-order chi connectivity index (χ1) is 12.1. The molecule has 0 aliphatic rings. The Labute approximate surface area is 150 Å². The highest BCUT2D eigenvalue weighted by atomic mass is 31.1. The van der Waals surface area contributed by atoms with Gasteiger partial charge in [-0.25, -0.2) is 0 Å². The van der Waals surface area contributed by atoms with Gasteiger partial charge in [-0.3, -0.25) is 4.79 Å². The molecule has 0 amide bonds. The second-order valence-electron chi connectivity index (χ2n) is 6.05. The van der Waals surface area contributed by atoms with E-state index in [1.807, 2.05) is 68.5 Å². The van der Waals surface area contributed by atoms with E-state index in [-0.39, 0.29) is 5.52 Å². The number of rotatable bonds is 5. The molecular weight excluding hydrogens is 323 g/mol. The largest absolute Gasteiger partial charge is 0.288 e. The van der Waals surface area contributed by atoms with E-state index in [2.05, 4.69) is 30.8 Å². The summed E-state index contributed by atoms with van der Waals surface area (Å²) in [6.07, 6.45) is 1.82. The third-order valence-electron chi connectivity index (χ3n) is 4.24. The third-order valence-corrected chi connectivity index (χ3v) is 6.50. The highest BCUT2D eigenvalue weighted by Crippen LogP contribution is 2.39. The van der Waals surface area contributed by atoms with Gasteiger partial charge in [-0.15, -0.1) is 0 Å². The van der Waals surface area contributed by atoms with Gasteiger partial charge >= 0.3 is 0 Å². The normalized spacial score (nSPS) is 10.7. The van der Waals surface area contributed by atoms with E-state index in [4.69, 9.17) is 0 Å². The minimum absolute atomic E-state index is 0.206. The Kier molecular flexibility index (Phi) is 5.26. The molecule has 0 unspecified atom stereocenters. The van der Waals surface area contributed by atoms with Crippen LogP contribution < -0.4 is 10.6 Å². The van der Waals surface area contributed by atoms with Crippen molar-refractivity contribution in [3.63, 3.8) is 0 Å². The molecule has 1 nitrogen and oxygen atoms in total. The summed E-state index contributed by atoms with van der Waals surface area (Å²) < 4.78 is 0. The lowest BCUT2D eigenvalue weighted by atomic mass is 10.0. The molecule has 2 heteroatoms. The fraction of sp³-hybridized carbons (Fsp3) is 0.0870. The van der Waals surface area contributed by atoms with E-state index in [1.54, 1.807) is 0 Å². The van der Waals surface area contributed by atoms with Gasteiger partial charge in [0.15, 0.2) is 5.52 Å². The van der Waals surface area contributed by atoms with Crippen LogP contribution in [-0.4, -0.2) is 5.52 Å². The molecule has 0 saturated carbocycles. The Morgan fingerprint density at radius 2 is 1.28 bits per heavy atom. The lowest BCUT2D eigenvalue weighted by Gasteiger charge is -2.20. The van der Waals surface area contributed by atoms with Crippen LogP contribution in [0.3, 0.4) is 0 Å². The monoisotopic (exact) mass is 344 g/mol. The number of carbonyl (C=O) groups excluding carboxylic acids is 1. The van der Waals surface area contributed by atoms with E-state index in [9.17, 15) is 4.79 Å². The van der Waals surface area contributed by atoms with Crippen molar-refractivity contribution in [1.29, 1.82) is 0 Å². The summed E-state index contributed by atoms with van der Waals surface area (Å²) >= 11 is 0. The fourth-order valence-corrected chi connectivity index (χ4v) is 5.39. The van der Waals surface area contributed by atoms with E-state index in [1.165, 1.54) is 0 Å². The van der Waals surface area contributed by atoms with Gasteiger partial charge in [0.1, 0.15) is 0 Å². The lowest BCUT2D eigenvalue weighted by Crippen LogP contribution is -2.19. The molecule has 3 aromatic rings. The number of hydrogen-bond donors (Lipinski definition) is 0. The van der Waals surface area contributed by atoms with Crippen LogP contribution in [0.4, 0.5) is 0 Å². The second-order valence-corrected chi connectivity index (χ2v) is 8.16. The minimum atomic E-state index is -1.10. The summed E-state index contributed by atoms with van der Waals surface area (Å²) in [6.45, 7) is 7.86. The first-order valence-corrected chi connectivity index (χ1v) is 9.64. The number of carbonyl (C=O) groups is 1. The second kappa shape index (κ2) is 7.59. The average molecular weight is 344 g/mol. The molecule has 0 atom stereocenters. The number of benzene rings is 3. The van der Waals surface area contributed by atoms with E-state index < -0.39 is 7.92 Å². The molecule has 0 N–H and O–H groups in total. The van der Waals surface area contributed by atoms with Crippen LogP contribution >= 0.6 is 7.92 Å². The van der Waals surface area contributed by atoms with Crippen molar-refractivity contribution in [2.45, 2.75) is 13.8 Å². The average Bonchev–Trinajstić information content (AvgIpc) is 2.63. The fourth-order valence-electron chi connectivity index (χ4n) is 3.10. The van der Waals surface area contributed by atoms with Crippen molar-refractivity contribution in [1.82, 2.24) is 0 Å². The maximum Gasteiger partial charge on any atom is 0.193 e. The topological polar surface area (TPSA) is 17.1 Å². The van der Waals surface area contributed by atoms with Crippen molar-refractivity contribution in [3.8, 4) is 0 Å². The minimum Gasteiger partial charge on any atom is -0.288 e. The maximum atomic E-state index is 13.6. The Morgan fingerprint density at radius 1 is 0.840 bits per heavy atom. The molecule has 0 saturated heterocycles. The Bertz CT molecular complexity index is 835. The van der Waals surface area contributed by atoms with E-state index in [0.29, 0.717) is 0 Å². The molecule has 0 bridgehead atoms. The van der Waals surface area contributed by atoms with Crippen molar-refractivity contribution >= 4 is 30.1 Å². The molecule has 0 aromatic heterocycles. The first-order valence-electron chi connectivity index (χ1n) is 8.30. The SMILES string of the molecule is C=Cc1cc(C)c(C(=O)P(c2ccccc2)c2ccccc2)c(C)c1. The Balaban J connectivity index is 2.15. The molecule has 0 fully saturated rings. The third kappa shape index (κ3) is 3.62. The van der Waals surface area contributed by atoms with Crippen LogP contribution in [0.15, 0.2) is 79.4 Å². The van der Waals surface area contributed by atoms with Crippen molar-refractivity contribution < 1.29 is 4.79 Å². The zero-order chi connectivity index (χ0) is 17.8. The maximum absolute atomic E-state index is 13.6. The van der Waals surface area contributed by atoms with Crippen LogP contribution in [0.5, 0.6) is 0 Å². The quantitative estimate of drug-likeness (QED) is 0.580. The van der Waals surface area contributed by atoms with Gasteiger partial charge in [0.25, 0.3) is 0 Å². The molecular formula is C23H21OP. The van der Waals surface area contributed by atoms with Gasteiger partial charge in [0, 0.05) is 13.5 Å². The zero-order valence-electron chi connectivity index (χ0n) is 14.6. The highest BCUT2D eigenvalue weighted by Gasteiger charge is 2.26. The van der Waals surface area contributed by atoms with Gasteiger partial charge in [-0.1, -0.05) is 85.5 Å². The summed E-state index contributed by atoms with van der Waals surface area (Å²) in [6, 6.07) is 24.3. The van der Waals surface area contributed by atoms with Crippen molar-refractivity contribution in [2.24, 2.45) is 0 Å². The zero-order valence-corrected chi connectivity index (χ0v) is 15.5. The molecule has 0 heterocycles. The Hall–Kier alpha value is -2.50. The van der Waals surface area contributed by atoms with Crippen LogP contribution in [0.1, 0.15) is 27.0 Å². The molecule has 25 heavy (non-hydrogen) atoms. The van der Waals surface area contributed by atoms with Gasteiger partial charge in [-0.05, 0) is 41.1 Å². The van der Waals surface area contributed by atoms with Crippen molar-refractivity contribution in [3.05, 3.63) is 102 Å². The summed E-state index contributed by atoms with van der Waals surface area (Å²) in [5.41, 5.74) is 4.12. The summed E-state index contributed by atoms with van der Waals surface area (Å²) in [5.74, 6) is 0. The summed E-state index contributed by atoms with van der Waals surface area (Å²) in [7, 11) is -1.10. The van der Waals surface area contributed by atoms with Gasteiger partial charge < -0.3 is 0 Å². The van der Waals surface area contributed by atoms with Gasteiger partial charge in [0.05, 0.1) is 0 Å². The summed E-state index contributed by atoms with van der Waals surface area (Å²) in [5, 5.41) is 2.17. The van der Waals surface area contributed by atoms with Crippen LogP contribution in [0.25, 0.3) is 6.08 Å². The smallest absolute Gasteiger partial charge is 0.193 e. The molecule has 124 valence electrons. The predicted octanol–water partition coefficient (Wildman–Crippen LogP) is 5.22. The molecule has 0 aliphatic heterocycles. The van der Waals surface area contributed by atoms with Gasteiger partial charge in [0.2, 0.25) is 0 Å². The molecule has 0 radical (unpaired) electrons. The van der Waals surface area contributed by atoms with Crippen LogP contribution in [0.2, 0.25) is 0 Å². The molecule has 3 rings (SSSR count). The molecule has 0 aliphatic carbocycles. The molecule has 0 spiro atoms. The van der Waals surface area contributed by atoms with Crippen LogP contribution in [-0.2, 0) is 0 Å². The standard InChI is InChI=1S/C23H21OP/c1-4-19-15-17(2)22(18(3)16-19)23(24)25(20-11-7-5-8-12-20)21-13-9-6-10-14-21/h4-16H,1H2,2-3H3. The number of hydrogen-bond acceptors (Lipinski definition) is 1. The summed E-state index contributed by atoms with van der Waals surface area (Å²) in [4.78, 5) is 13.6.